The fourth-order valence-corrected chi connectivity index (χ4v) is 1.38. The third-order valence-corrected chi connectivity index (χ3v) is 2.03. The van der Waals surface area contributed by atoms with Crippen molar-refractivity contribution in [3.63, 3.8) is 0 Å². The first-order chi connectivity index (χ1) is 6.33. The maximum atomic E-state index is 11.2. The Bertz CT molecular complexity index is 445. The zero-order valence-electron chi connectivity index (χ0n) is 7.26. The van der Waals surface area contributed by atoms with Gasteiger partial charge in [-0.25, -0.2) is 4.79 Å². The zero-order valence-corrected chi connectivity index (χ0v) is 7.26. The van der Waals surface area contributed by atoms with E-state index in [4.69, 9.17) is 0 Å². The molecule has 0 saturated heterocycles. The molecule has 0 fully saturated rings. The van der Waals surface area contributed by atoms with Gasteiger partial charge in [0.15, 0.2) is 0 Å². The Morgan fingerprint density at radius 3 is 3.23 bits per heavy atom. The van der Waals surface area contributed by atoms with Crippen LogP contribution in [0.25, 0.3) is 12.3 Å². The molecular weight excluding hydrogens is 168 g/mol. The fourth-order valence-electron chi connectivity index (χ4n) is 1.38. The number of carbonyl (C=O) groups excluding carboxylic acids is 1. The molecule has 0 saturated carbocycles. The molecule has 2 heterocycles. The van der Waals surface area contributed by atoms with Gasteiger partial charge in [0, 0.05) is 29.5 Å². The molecular formula is C9H10N2O2. The van der Waals surface area contributed by atoms with Crippen molar-refractivity contribution in [2.75, 3.05) is 13.7 Å². The molecule has 1 aliphatic rings. The van der Waals surface area contributed by atoms with Gasteiger partial charge >= 0.3 is 5.97 Å². The molecule has 13 heavy (non-hydrogen) atoms. The van der Waals surface area contributed by atoms with Crippen molar-refractivity contribution < 1.29 is 9.53 Å². The Balaban J connectivity index is 2.63. The predicted molar refractivity (Wildman–Crippen MR) is 48.3 cm³/mol. The molecule has 0 unspecified atom stereocenters. The van der Waals surface area contributed by atoms with Crippen LogP contribution in [0.3, 0.4) is 0 Å². The van der Waals surface area contributed by atoms with Gasteiger partial charge in [-0.2, -0.15) is 0 Å². The molecule has 2 rings (SSSR count). The first kappa shape index (κ1) is 7.91. The Morgan fingerprint density at radius 1 is 1.62 bits per heavy atom. The topological polar surface area (TPSA) is 54.1 Å². The molecule has 0 aliphatic carbocycles. The summed E-state index contributed by atoms with van der Waals surface area (Å²) in [5, 5.41) is 4.88. The number of hydrogen-bond donors (Lipinski definition) is 2. The van der Waals surface area contributed by atoms with Crippen LogP contribution in [0.2, 0.25) is 0 Å². The number of rotatable bonds is 1. The van der Waals surface area contributed by atoms with Gasteiger partial charge < -0.3 is 15.0 Å². The number of methoxy groups -OCH3 is 1. The van der Waals surface area contributed by atoms with E-state index in [1.54, 1.807) is 6.20 Å². The lowest BCUT2D eigenvalue weighted by Gasteiger charge is -1.99. The average Bonchev–Trinajstić information content (AvgIpc) is 2.60. The van der Waals surface area contributed by atoms with Gasteiger partial charge in [-0.15, -0.1) is 0 Å². The first-order valence-corrected chi connectivity index (χ1v) is 4.02. The van der Waals surface area contributed by atoms with Crippen LogP contribution in [-0.4, -0.2) is 24.6 Å². The second-order valence-corrected chi connectivity index (χ2v) is 2.78. The summed E-state index contributed by atoms with van der Waals surface area (Å²) >= 11 is 0. The van der Waals surface area contributed by atoms with Crippen molar-refractivity contribution in [1.82, 2.24) is 10.3 Å². The molecule has 0 aromatic carbocycles. The van der Waals surface area contributed by atoms with Crippen LogP contribution in [0.5, 0.6) is 0 Å². The molecule has 0 bridgehead atoms. The quantitative estimate of drug-likeness (QED) is 0.538. The Hall–Kier alpha value is -1.71. The van der Waals surface area contributed by atoms with Gasteiger partial charge in [0.2, 0.25) is 0 Å². The number of aromatic nitrogens is 1. The fraction of sp³-hybridized carbons (Fsp3) is 0.222. The van der Waals surface area contributed by atoms with Crippen LogP contribution >= 0.6 is 0 Å². The van der Waals surface area contributed by atoms with E-state index >= 15 is 0 Å². The second kappa shape index (κ2) is 2.97. The highest BCUT2D eigenvalue weighted by Crippen LogP contribution is 1.90. The summed E-state index contributed by atoms with van der Waals surface area (Å²) in [5.41, 5.74) is 0.570. The normalized spacial score (nSPS) is 13.3. The Labute approximate surface area is 74.9 Å². The van der Waals surface area contributed by atoms with Crippen LogP contribution in [0, 0.1) is 0 Å². The van der Waals surface area contributed by atoms with Gasteiger partial charge in [-0.1, -0.05) is 0 Å². The first-order valence-electron chi connectivity index (χ1n) is 4.02. The molecule has 4 heteroatoms. The van der Waals surface area contributed by atoms with Crippen LogP contribution in [0.1, 0.15) is 10.4 Å². The van der Waals surface area contributed by atoms with Gasteiger partial charge in [0.1, 0.15) is 0 Å². The maximum Gasteiger partial charge on any atom is 0.340 e. The van der Waals surface area contributed by atoms with E-state index in [0.29, 0.717) is 5.56 Å². The van der Waals surface area contributed by atoms with Gasteiger partial charge in [0.05, 0.1) is 12.7 Å². The van der Waals surface area contributed by atoms with Gasteiger partial charge in [-0.05, 0) is 6.08 Å². The van der Waals surface area contributed by atoms with E-state index in [9.17, 15) is 4.79 Å². The number of carbonyl (C=O) groups is 1. The zero-order chi connectivity index (χ0) is 9.26. The highest BCUT2D eigenvalue weighted by Gasteiger charge is 2.10. The van der Waals surface area contributed by atoms with Crippen molar-refractivity contribution in [3.05, 3.63) is 22.3 Å². The highest BCUT2D eigenvalue weighted by atomic mass is 16.5. The number of ether oxygens (including phenoxy) is 1. The summed E-state index contributed by atoms with van der Waals surface area (Å²) < 4.78 is 4.64. The van der Waals surface area contributed by atoms with Crippen molar-refractivity contribution in [2.45, 2.75) is 0 Å². The molecule has 1 aromatic heterocycles. The number of esters is 1. The summed E-state index contributed by atoms with van der Waals surface area (Å²) in [6, 6.07) is 0. The number of fused-ring (bicyclic) bond motifs is 1. The van der Waals surface area contributed by atoms with Crippen molar-refractivity contribution in [1.29, 1.82) is 0 Å². The predicted octanol–water partition coefficient (Wildman–Crippen LogP) is -1.08. The highest BCUT2D eigenvalue weighted by molar-refractivity contribution is 5.89. The van der Waals surface area contributed by atoms with Crippen LogP contribution in [-0.2, 0) is 4.74 Å². The van der Waals surface area contributed by atoms with Crippen LogP contribution in [0.4, 0.5) is 0 Å². The molecule has 0 spiro atoms. The molecule has 4 nitrogen and oxygen atoms in total. The third kappa shape index (κ3) is 1.20. The van der Waals surface area contributed by atoms with E-state index in [2.05, 4.69) is 15.0 Å². The van der Waals surface area contributed by atoms with Gasteiger partial charge in [0.25, 0.3) is 0 Å². The summed E-state index contributed by atoms with van der Waals surface area (Å²) in [5.74, 6) is -0.314. The maximum absolute atomic E-state index is 11.2. The lowest BCUT2D eigenvalue weighted by atomic mass is 10.2. The van der Waals surface area contributed by atoms with Crippen molar-refractivity contribution in [2.24, 2.45) is 0 Å². The lowest BCUT2D eigenvalue weighted by Crippen LogP contribution is -2.34. The van der Waals surface area contributed by atoms with Crippen molar-refractivity contribution in [3.8, 4) is 0 Å². The summed E-state index contributed by atoms with van der Waals surface area (Å²) in [6.07, 6.45) is 5.47. The van der Waals surface area contributed by atoms with Gasteiger partial charge in [-0.3, -0.25) is 0 Å². The smallest absolute Gasteiger partial charge is 0.340 e. The standard InChI is InChI=1S/C9H10N2O2/c1-13-9(12)7-5-11-8-2-3-10-4-6(7)8/h2,4-5,10-11H,3H2,1H3. The van der Waals surface area contributed by atoms with E-state index in [1.165, 1.54) is 7.11 Å². The number of H-pyrrole nitrogens is 1. The Kier molecular flexibility index (Phi) is 1.81. The molecule has 1 aliphatic heterocycles. The number of hydrogen-bond acceptors (Lipinski definition) is 3. The van der Waals surface area contributed by atoms with E-state index in [-0.39, 0.29) is 5.97 Å². The van der Waals surface area contributed by atoms with E-state index in [0.717, 1.165) is 17.1 Å². The summed E-state index contributed by atoms with van der Waals surface area (Å²) in [4.78, 5) is 14.3. The molecule has 0 atom stereocenters. The van der Waals surface area contributed by atoms with E-state index in [1.807, 2.05) is 12.3 Å². The van der Waals surface area contributed by atoms with Crippen LogP contribution in [0.15, 0.2) is 6.20 Å². The third-order valence-electron chi connectivity index (χ3n) is 2.03. The monoisotopic (exact) mass is 178 g/mol. The number of nitrogens with one attached hydrogen (secondary N) is 2. The minimum Gasteiger partial charge on any atom is -0.465 e. The lowest BCUT2D eigenvalue weighted by molar-refractivity contribution is 0.0599. The minimum absolute atomic E-state index is 0.314. The van der Waals surface area contributed by atoms with E-state index < -0.39 is 0 Å². The Morgan fingerprint density at radius 2 is 2.46 bits per heavy atom. The summed E-state index contributed by atoms with van der Waals surface area (Å²) in [7, 11) is 1.38. The van der Waals surface area contributed by atoms with Crippen LogP contribution < -0.4 is 15.9 Å². The molecule has 0 radical (unpaired) electrons. The van der Waals surface area contributed by atoms with Crippen molar-refractivity contribution >= 4 is 18.2 Å². The summed E-state index contributed by atoms with van der Waals surface area (Å²) in [6.45, 7) is 0.786. The molecule has 1 aromatic rings. The number of aromatic amines is 1. The minimum atomic E-state index is -0.314. The molecule has 68 valence electrons. The molecule has 2 N–H and O–H groups in total. The molecule has 0 amide bonds. The second-order valence-electron chi connectivity index (χ2n) is 2.78. The SMILES string of the molecule is COC(=O)c1c[nH]c2c1=CNCC=2. The largest absolute Gasteiger partial charge is 0.465 e. The average molecular weight is 178 g/mol.